The van der Waals surface area contributed by atoms with Gasteiger partial charge < -0.3 is 15.4 Å². The molecule has 0 atom stereocenters. The molecule has 2 aliphatic rings. The average Bonchev–Trinajstić information content (AvgIpc) is 2.85. The molecule has 0 unspecified atom stereocenters. The number of aromatic nitrogens is 2. The number of carbonyl (C=O) groups is 1. The molecule has 0 spiro atoms. The summed E-state index contributed by atoms with van der Waals surface area (Å²) in [5.41, 5.74) is 2.23. The first-order valence-corrected chi connectivity index (χ1v) is 12.5. The first kappa shape index (κ1) is 24.4. The number of nitrogens with one attached hydrogen (secondary N) is 2. The van der Waals surface area contributed by atoms with E-state index < -0.39 is 5.41 Å². The Bertz CT molecular complexity index is 1040. The average molecular weight is 482 g/mol. The number of hydrogen-bond donors (Lipinski definition) is 2. The SMILES string of the molecule is CC(=O)NC1CCC(Cc2cc(-c3cccc(NCC4(C#N)CCOCC4)n3)c(Cl)cn2)CC1. The molecule has 2 aromatic heterocycles. The van der Waals surface area contributed by atoms with Crippen molar-refractivity contribution >= 4 is 23.3 Å². The second kappa shape index (κ2) is 11.2. The van der Waals surface area contributed by atoms with Crippen LogP contribution in [0.3, 0.4) is 0 Å². The third kappa shape index (κ3) is 6.25. The first-order valence-electron chi connectivity index (χ1n) is 12.1. The van der Waals surface area contributed by atoms with Gasteiger partial charge in [0.15, 0.2) is 0 Å². The van der Waals surface area contributed by atoms with Crippen LogP contribution in [0.15, 0.2) is 30.5 Å². The van der Waals surface area contributed by atoms with Crippen molar-refractivity contribution in [3.05, 3.63) is 41.2 Å². The van der Waals surface area contributed by atoms with Gasteiger partial charge in [-0.1, -0.05) is 17.7 Å². The van der Waals surface area contributed by atoms with Gasteiger partial charge in [0.1, 0.15) is 5.82 Å². The minimum atomic E-state index is -0.420. The Morgan fingerprint density at radius 3 is 2.74 bits per heavy atom. The normalized spacial score (nSPS) is 21.9. The second-order valence-electron chi connectivity index (χ2n) is 9.54. The van der Waals surface area contributed by atoms with E-state index in [9.17, 15) is 10.1 Å². The highest BCUT2D eigenvalue weighted by atomic mass is 35.5. The zero-order valence-corrected chi connectivity index (χ0v) is 20.4. The zero-order chi connectivity index (χ0) is 24.0. The topological polar surface area (TPSA) is 99.9 Å². The van der Waals surface area contributed by atoms with E-state index in [1.165, 1.54) is 0 Å². The van der Waals surface area contributed by atoms with Gasteiger partial charge in [0, 0.05) is 50.2 Å². The van der Waals surface area contributed by atoms with E-state index in [4.69, 9.17) is 21.3 Å². The highest BCUT2D eigenvalue weighted by molar-refractivity contribution is 6.33. The van der Waals surface area contributed by atoms with Crippen LogP contribution in [0.25, 0.3) is 11.3 Å². The van der Waals surface area contributed by atoms with Crippen molar-refractivity contribution in [2.24, 2.45) is 11.3 Å². The fourth-order valence-electron chi connectivity index (χ4n) is 4.92. The highest BCUT2D eigenvalue weighted by Crippen LogP contribution is 2.32. The number of amides is 1. The fraction of sp³-hybridized carbons (Fsp3) is 0.538. The largest absolute Gasteiger partial charge is 0.381 e. The maximum Gasteiger partial charge on any atom is 0.217 e. The van der Waals surface area contributed by atoms with E-state index in [0.29, 0.717) is 36.7 Å². The van der Waals surface area contributed by atoms with Crippen LogP contribution >= 0.6 is 11.6 Å². The van der Waals surface area contributed by atoms with Crippen LogP contribution in [0.1, 0.15) is 51.1 Å². The molecule has 4 rings (SSSR count). The Kier molecular flexibility index (Phi) is 8.02. The third-order valence-corrected chi connectivity index (χ3v) is 7.29. The number of carbonyl (C=O) groups excluding carboxylic acids is 1. The number of ether oxygens (including phenoxy) is 1. The summed E-state index contributed by atoms with van der Waals surface area (Å²) >= 11 is 6.52. The van der Waals surface area contributed by atoms with Gasteiger partial charge in [-0.25, -0.2) is 4.98 Å². The van der Waals surface area contributed by atoms with Crippen LogP contribution in [-0.2, 0) is 16.0 Å². The Morgan fingerprint density at radius 2 is 2.03 bits per heavy atom. The minimum Gasteiger partial charge on any atom is -0.381 e. The summed E-state index contributed by atoms with van der Waals surface area (Å²) < 4.78 is 5.42. The van der Waals surface area contributed by atoms with Gasteiger partial charge in [-0.2, -0.15) is 5.26 Å². The van der Waals surface area contributed by atoms with E-state index in [2.05, 4.69) is 21.7 Å². The van der Waals surface area contributed by atoms with E-state index in [-0.39, 0.29) is 5.91 Å². The molecule has 1 aliphatic carbocycles. The predicted molar refractivity (Wildman–Crippen MR) is 132 cm³/mol. The summed E-state index contributed by atoms with van der Waals surface area (Å²) in [5, 5.41) is 16.7. The molecule has 34 heavy (non-hydrogen) atoms. The van der Waals surface area contributed by atoms with Crippen LogP contribution in [-0.4, -0.2) is 41.7 Å². The van der Waals surface area contributed by atoms with Crippen molar-refractivity contribution in [2.45, 2.75) is 57.9 Å². The molecule has 1 saturated heterocycles. The summed E-state index contributed by atoms with van der Waals surface area (Å²) in [5.74, 6) is 1.32. The molecule has 7 nitrogen and oxygen atoms in total. The van der Waals surface area contributed by atoms with Crippen LogP contribution in [0.5, 0.6) is 0 Å². The monoisotopic (exact) mass is 481 g/mol. The molecule has 2 N–H and O–H groups in total. The lowest BCUT2D eigenvalue weighted by Crippen LogP contribution is -2.36. The lowest BCUT2D eigenvalue weighted by Gasteiger charge is -2.30. The standard InChI is InChI=1S/C26H32ClN5O2/c1-18(33)31-20-7-5-19(6-8-20)13-21-14-22(23(27)15-29-21)24-3-2-4-25(32-24)30-17-26(16-28)9-11-34-12-10-26/h2-4,14-15,19-20H,5-13,17H2,1H3,(H,30,32)(H,31,33). The second-order valence-corrected chi connectivity index (χ2v) is 9.95. The molecule has 180 valence electrons. The van der Waals surface area contributed by atoms with Gasteiger partial charge in [0.05, 0.1) is 22.2 Å². The van der Waals surface area contributed by atoms with Crippen LogP contribution in [0.4, 0.5) is 5.82 Å². The predicted octanol–water partition coefficient (Wildman–Crippen LogP) is 4.77. The molecule has 8 heteroatoms. The number of pyridine rings is 2. The lowest BCUT2D eigenvalue weighted by atomic mass is 9.82. The van der Waals surface area contributed by atoms with E-state index in [0.717, 1.165) is 67.7 Å². The van der Waals surface area contributed by atoms with E-state index in [1.54, 1.807) is 13.1 Å². The molecule has 1 aliphatic heterocycles. The van der Waals surface area contributed by atoms with Gasteiger partial charge in [0.2, 0.25) is 5.91 Å². The van der Waals surface area contributed by atoms with Gasteiger partial charge in [0.25, 0.3) is 0 Å². The quantitative estimate of drug-likeness (QED) is 0.591. The smallest absolute Gasteiger partial charge is 0.217 e. The molecule has 0 radical (unpaired) electrons. The van der Waals surface area contributed by atoms with Crippen LogP contribution in [0, 0.1) is 22.7 Å². The maximum atomic E-state index is 11.3. The summed E-state index contributed by atoms with van der Waals surface area (Å²) in [4.78, 5) is 20.6. The number of nitriles is 1. The summed E-state index contributed by atoms with van der Waals surface area (Å²) in [6, 6.07) is 10.6. The molecule has 1 saturated carbocycles. The van der Waals surface area contributed by atoms with Crippen LogP contribution in [0.2, 0.25) is 5.02 Å². The van der Waals surface area contributed by atoms with Crippen molar-refractivity contribution < 1.29 is 9.53 Å². The first-order chi connectivity index (χ1) is 16.5. The van der Waals surface area contributed by atoms with Crippen molar-refractivity contribution in [3.63, 3.8) is 0 Å². The lowest BCUT2D eigenvalue weighted by molar-refractivity contribution is -0.119. The zero-order valence-electron chi connectivity index (χ0n) is 19.6. The van der Waals surface area contributed by atoms with E-state index >= 15 is 0 Å². The van der Waals surface area contributed by atoms with Crippen LogP contribution < -0.4 is 10.6 Å². The Morgan fingerprint density at radius 1 is 1.26 bits per heavy atom. The van der Waals surface area contributed by atoms with E-state index in [1.807, 2.05) is 24.3 Å². The maximum absolute atomic E-state index is 11.3. The van der Waals surface area contributed by atoms with Crippen molar-refractivity contribution in [3.8, 4) is 17.3 Å². The minimum absolute atomic E-state index is 0.0484. The van der Waals surface area contributed by atoms with Crippen molar-refractivity contribution in [1.82, 2.24) is 15.3 Å². The number of nitrogens with zero attached hydrogens (tertiary/aromatic N) is 3. The molecule has 1 amide bonds. The van der Waals surface area contributed by atoms with Gasteiger partial charge in [-0.15, -0.1) is 0 Å². The third-order valence-electron chi connectivity index (χ3n) is 6.98. The summed E-state index contributed by atoms with van der Waals surface area (Å²) in [6.45, 7) is 3.36. The molecule has 0 aromatic carbocycles. The number of anilines is 1. The van der Waals surface area contributed by atoms with Crippen molar-refractivity contribution in [1.29, 1.82) is 5.26 Å². The summed E-state index contributed by atoms with van der Waals surface area (Å²) in [6.07, 6.45) is 8.23. The molecular weight excluding hydrogens is 450 g/mol. The molecule has 2 aromatic rings. The Balaban J connectivity index is 1.42. The number of halogens is 1. The van der Waals surface area contributed by atoms with Gasteiger partial charge >= 0.3 is 0 Å². The molecule has 2 fully saturated rings. The van der Waals surface area contributed by atoms with Gasteiger partial charge in [-0.3, -0.25) is 9.78 Å². The molecule has 0 bridgehead atoms. The highest BCUT2D eigenvalue weighted by Gasteiger charge is 2.32. The Hall–Kier alpha value is -2.69. The van der Waals surface area contributed by atoms with Crippen molar-refractivity contribution in [2.75, 3.05) is 25.1 Å². The van der Waals surface area contributed by atoms with Gasteiger partial charge in [-0.05, 0) is 69.1 Å². The number of rotatable bonds is 7. The Labute approximate surface area is 206 Å². The molecular formula is C26H32ClN5O2. The summed E-state index contributed by atoms with van der Waals surface area (Å²) in [7, 11) is 0. The molecule has 3 heterocycles. The fourth-order valence-corrected chi connectivity index (χ4v) is 5.12. The number of hydrogen-bond acceptors (Lipinski definition) is 6.